The molecule has 1 heterocycles. The topological polar surface area (TPSA) is 90.4 Å². The summed E-state index contributed by atoms with van der Waals surface area (Å²) in [5.74, 6) is -1.63. The van der Waals surface area contributed by atoms with Crippen molar-refractivity contribution in [3.63, 3.8) is 0 Å². The van der Waals surface area contributed by atoms with E-state index < -0.39 is 30.2 Å². The van der Waals surface area contributed by atoms with E-state index in [1.165, 1.54) is 12.4 Å². The maximum Gasteiger partial charge on any atom is 0.416 e. The largest absolute Gasteiger partial charge is 0.491 e. The summed E-state index contributed by atoms with van der Waals surface area (Å²) in [6, 6.07) is 2.74. The molecule has 10 heteroatoms. The van der Waals surface area contributed by atoms with Gasteiger partial charge in [-0.15, -0.1) is 0 Å². The highest BCUT2D eigenvalue weighted by Gasteiger charge is 2.31. The Morgan fingerprint density at radius 2 is 2.00 bits per heavy atom. The van der Waals surface area contributed by atoms with Crippen LogP contribution >= 0.6 is 0 Å². The average Bonchev–Trinajstić information content (AvgIpc) is 2.65. The molecule has 0 saturated carbocycles. The number of benzene rings is 1. The van der Waals surface area contributed by atoms with Crippen LogP contribution in [0.1, 0.15) is 29.4 Å². The standard InChI is InChI=1S/C17H16F3N3O4/c1-2-7-26-14-4-3-11(17(18,19)20)8-12(14)23-15(24)10-27-16(25)13-9-21-5-6-22-13/h3-6,8-9H,2,7,10H2,1H3,(H,23,24). The number of aromatic nitrogens is 2. The second-order valence-corrected chi connectivity index (χ2v) is 5.27. The number of halogens is 3. The van der Waals surface area contributed by atoms with Crippen molar-refractivity contribution in [2.45, 2.75) is 19.5 Å². The molecule has 0 fully saturated rings. The van der Waals surface area contributed by atoms with E-state index in [9.17, 15) is 22.8 Å². The van der Waals surface area contributed by atoms with Gasteiger partial charge in [0.25, 0.3) is 5.91 Å². The minimum absolute atomic E-state index is 0.0819. The molecular formula is C17H16F3N3O4. The van der Waals surface area contributed by atoms with E-state index in [1.807, 2.05) is 6.92 Å². The number of ether oxygens (including phenoxy) is 2. The Kier molecular flexibility index (Phi) is 6.69. The number of nitrogens with one attached hydrogen (secondary N) is 1. The van der Waals surface area contributed by atoms with Crippen LogP contribution in [0, 0.1) is 0 Å². The Morgan fingerprint density at radius 1 is 1.22 bits per heavy atom. The average molecular weight is 383 g/mol. The molecule has 1 aromatic carbocycles. The third kappa shape index (κ3) is 5.94. The molecule has 7 nitrogen and oxygen atoms in total. The zero-order valence-corrected chi connectivity index (χ0v) is 14.2. The highest BCUT2D eigenvalue weighted by molar-refractivity contribution is 5.95. The zero-order valence-electron chi connectivity index (χ0n) is 14.2. The number of anilines is 1. The van der Waals surface area contributed by atoms with Crippen molar-refractivity contribution < 1.29 is 32.2 Å². The molecule has 0 atom stereocenters. The zero-order chi connectivity index (χ0) is 19.9. The van der Waals surface area contributed by atoms with Crippen LogP contribution in [-0.2, 0) is 15.7 Å². The maximum absolute atomic E-state index is 12.9. The van der Waals surface area contributed by atoms with Gasteiger partial charge >= 0.3 is 12.1 Å². The van der Waals surface area contributed by atoms with Crippen LogP contribution in [0.15, 0.2) is 36.8 Å². The van der Waals surface area contributed by atoms with Gasteiger partial charge in [0.05, 0.1) is 24.1 Å². The summed E-state index contributed by atoms with van der Waals surface area (Å²) in [6.45, 7) is 1.38. The fourth-order valence-corrected chi connectivity index (χ4v) is 1.94. The fourth-order valence-electron chi connectivity index (χ4n) is 1.94. The summed E-state index contributed by atoms with van der Waals surface area (Å²) in [6.07, 6.45) is -0.166. The highest BCUT2D eigenvalue weighted by Crippen LogP contribution is 2.35. The van der Waals surface area contributed by atoms with Crippen molar-refractivity contribution in [3.8, 4) is 5.75 Å². The van der Waals surface area contributed by atoms with Gasteiger partial charge in [-0.05, 0) is 24.6 Å². The lowest BCUT2D eigenvalue weighted by Gasteiger charge is -2.15. The summed E-state index contributed by atoms with van der Waals surface area (Å²) >= 11 is 0. The monoisotopic (exact) mass is 383 g/mol. The molecule has 27 heavy (non-hydrogen) atoms. The Balaban J connectivity index is 2.07. The van der Waals surface area contributed by atoms with Crippen LogP contribution in [0.25, 0.3) is 0 Å². The van der Waals surface area contributed by atoms with Gasteiger partial charge in [0.15, 0.2) is 12.3 Å². The summed E-state index contributed by atoms with van der Waals surface area (Å²) in [5.41, 5.74) is -1.21. The molecule has 0 spiro atoms. The van der Waals surface area contributed by atoms with E-state index in [4.69, 9.17) is 9.47 Å². The third-order valence-electron chi connectivity index (χ3n) is 3.15. The Labute approximate surface area is 152 Å². The van der Waals surface area contributed by atoms with E-state index in [0.29, 0.717) is 6.42 Å². The number of hydrogen-bond donors (Lipinski definition) is 1. The number of hydrogen-bond acceptors (Lipinski definition) is 6. The van der Waals surface area contributed by atoms with Crippen LogP contribution in [-0.4, -0.2) is 35.1 Å². The van der Waals surface area contributed by atoms with E-state index >= 15 is 0 Å². The summed E-state index contributed by atoms with van der Waals surface area (Å²) < 4.78 is 48.8. The smallest absolute Gasteiger partial charge is 0.416 e. The first-order valence-electron chi connectivity index (χ1n) is 7.88. The predicted octanol–water partition coefficient (Wildman–Crippen LogP) is 3.08. The van der Waals surface area contributed by atoms with E-state index in [0.717, 1.165) is 24.4 Å². The molecular weight excluding hydrogens is 367 g/mol. The lowest BCUT2D eigenvalue weighted by molar-refractivity contribution is -0.137. The van der Waals surface area contributed by atoms with Crippen molar-refractivity contribution in [1.82, 2.24) is 9.97 Å². The Bertz CT molecular complexity index is 798. The molecule has 0 aliphatic heterocycles. The quantitative estimate of drug-likeness (QED) is 0.739. The molecule has 0 aliphatic rings. The second kappa shape index (κ2) is 8.97. The van der Waals surface area contributed by atoms with Crippen molar-refractivity contribution in [1.29, 1.82) is 0 Å². The molecule has 1 N–H and O–H groups in total. The van der Waals surface area contributed by atoms with Gasteiger partial charge in [-0.1, -0.05) is 6.92 Å². The van der Waals surface area contributed by atoms with Gasteiger partial charge in [0.2, 0.25) is 0 Å². The summed E-state index contributed by atoms with van der Waals surface area (Å²) in [4.78, 5) is 31.1. The maximum atomic E-state index is 12.9. The van der Waals surface area contributed by atoms with Crippen LogP contribution in [0.2, 0.25) is 0 Å². The summed E-state index contributed by atoms with van der Waals surface area (Å²) in [5, 5.41) is 2.26. The highest BCUT2D eigenvalue weighted by atomic mass is 19.4. The number of carbonyl (C=O) groups excluding carboxylic acids is 2. The van der Waals surface area contributed by atoms with Crippen LogP contribution < -0.4 is 10.1 Å². The molecule has 2 aromatic rings. The normalized spacial score (nSPS) is 11.0. The van der Waals surface area contributed by atoms with Crippen LogP contribution in [0.3, 0.4) is 0 Å². The second-order valence-electron chi connectivity index (χ2n) is 5.27. The van der Waals surface area contributed by atoms with Crippen LogP contribution in [0.5, 0.6) is 5.75 Å². The first-order valence-corrected chi connectivity index (χ1v) is 7.88. The third-order valence-corrected chi connectivity index (χ3v) is 3.15. The molecule has 0 bridgehead atoms. The van der Waals surface area contributed by atoms with Gasteiger partial charge < -0.3 is 14.8 Å². The van der Waals surface area contributed by atoms with Gasteiger partial charge in [0.1, 0.15) is 5.75 Å². The molecule has 0 aliphatic carbocycles. The SMILES string of the molecule is CCCOc1ccc(C(F)(F)F)cc1NC(=O)COC(=O)c1cnccn1. The minimum atomic E-state index is -4.58. The number of esters is 1. The van der Waals surface area contributed by atoms with E-state index in [2.05, 4.69) is 15.3 Å². The summed E-state index contributed by atoms with van der Waals surface area (Å²) in [7, 11) is 0. The number of amides is 1. The number of alkyl halides is 3. The van der Waals surface area contributed by atoms with Crippen molar-refractivity contribution >= 4 is 17.6 Å². The molecule has 144 valence electrons. The molecule has 1 amide bonds. The lowest BCUT2D eigenvalue weighted by Crippen LogP contribution is -2.22. The van der Waals surface area contributed by atoms with Crippen molar-refractivity contribution in [2.24, 2.45) is 0 Å². The van der Waals surface area contributed by atoms with Gasteiger partial charge in [-0.2, -0.15) is 13.2 Å². The molecule has 0 radical (unpaired) electrons. The number of nitrogens with zero attached hydrogens (tertiary/aromatic N) is 2. The minimum Gasteiger partial charge on any atom is -0.491 e. The first kappa shape index (κ1) is 20.1. The number of carbonyl (C=O) groups is 2. The van der Waals surface area contributed by atoms with Crippen molar-refractivity contribution in [2.75, 3.05) is 18.5 Å². The molecule has 0 unspecified atom stereocenters. The fraction of sp³-hybridized carbons (Fsp3) is 0.294. The van der Waals surface area contributed by atoms with E-state index in [-0.39, 0.29) is 23.7 Å². The predicted molar refractivity (Wildman–Crippen MR) is 88.2 cm³/mol. The van der Waals surface area contributed by atoms with Crippen LogP contribution in [0.4, 0.5) is 18.9 Å². The lowest BCUT2D eigenvalue weighted by atomic mass is 10.1. The van der Waals surface area contributed by atoms with Gasteiger partial charge in [-0.3, -0.25) is 9.78 Å². The van der Waals surface area contributed by atoms with Crippen molar-refractivity contribution in [3.05, 3.63) is 48.0 Å². The first-order chi connectivity index (χ1) is 12.8. The number of rotatable bonds is 7. The van der Waals surface area contributed by atoms with Gasteiger partial charge in [-0.25, -0.2) is 9.78 Å². The molecule has 2 rings (SSSR count). The van der Waals surface area contributed by atoms with E-state index in [1.54, 1.807) is 0 Å². The molecule has 1 aromatic heterocycles. The molecule has 0 saturated heterocycles. The van der Waals surface area contributed by atoms with Gasteiger partial charge in [0, 0.05) is 12.4 Å². The Morgan fingerprint density at radius 3 is 2.63 bits per heavy atom. The Hall–Kier alpha value is -3.17.